The molecule has 0 aliphatic carbocycles. The molecule has 112 valence electrons. The second kappa shape index (κ2) is 6.10. The summed E-state index contributed by atoms with van der Waals surface area (Å²) in [7, 11) is 0. The monoisotopic (exact) mass is 288 g/mol. The van der Waals surface area contributed by atoms with Gasteiger partial charge < -0.3 is 15.0 Å². The number of aryl methyl sites for hydroxylation is 2. The van der Waals surface area contributed by atoms with Gasteiger partial charge in [0.05, 0.1) is 18.7 Å². The van der Waals surface area contributed by atoms with Crippen molar-refractivity contribution in [1.29, 1.82) is 0 Å². The van der Waals surface area contributed by atoms with Gasteiger partial charge in [0.1, 0.15) is 0 Å². The molecule has 1 aromatic carbocycles. The molecule has 2 N–H and O–H groups in total. The molecule has 0 saturated carbocycles. The Hall–Kier alpha value is -2.14. The minimum atomic E-state index is -0.194. The number of benzene rings is 1. The molecule has 2 aromatic rings. The van der Waals surface area contributed by atoms with Gasteiger partial charge in [-0.2, -0.15) is 0 Å². The summed E-state index contributed by atoms with van der Waals surface area (Å²) < 4.78 is 0. The summed E-state index contributed by atoms with van der Waals surface area (Å²) in [6, 6.07) is 5.82. The normalized spacial score (nSPS) is 10.9. The van der Waals surface area contributed by atoms with Crippen LogP contribution in [0.4, 0.5) is 0 Å². The molecule has 0 radical (unpaired) electrons. The number of fused-ring (bicyclic) bond motifs is 1. The molecular weight excluding hydrogens is 268 g/mol. The van der Waals surface area contributed by atoms with E-state index in [9.17, 15) is 9.59 Å². The Bertz CT molecular complexity index is 734. The number of nitrogens with zero attached hydrogens (tertiary/aromatic N) is 1. The van der Waals surface area contributed by atoms with E-state index < -0.39 is 0 Å². The summed E-state index contributed by atoms with van der Waals surface area (Å²) in [6.07, 6.45) is 0. The number of aliphatic hydroxyl groups excluding tert-OH is 1. The van der Waals surface area contributed by atoms with E-state index in [-0.39, 0.29) is 31.2 Å². The van der Waals surface area contributed by atoms with Crippen molar-refractivity contribution >= 4 is 16.8 Å². The van der Waals surface area contributed by atoms with Crippen molar-refractivity contribution in [2.45, 2.75) is 27.3 Å². The molecule has 0 bridgehead atoms. The fraction of sp³-hybridized carbons (Fsp3) is 0.375. The Morgan fingerprint density at radius 1 is 1.29 bits per heavy atom. The summed E-state index contributed by atoms with van der Waals surface area (Å²) in [5.41, 5.74) is 3.25. The van der Waals surface area contributed by atoms with E-state index in [0.717, 1.165) is 22.0 Å². The van der Waals surface area contributed by atoms with Crippen LogP contribution in [-0.4, -0.2) is 34.0 Å². The van der Waals surface area contributed by atoms with Crippen LogP contribution in [0.25, 0.3) is 10.9 Å². The van der Waals surface area contributed by atoms with Gasteiger partial charge in [0.15, 0.2) is 0 Å². The zero-order chi connectivity index (χ0) is 15.6. The molecule has 0 saturated heterocycles. The van der Waals surface area contributed by atoms with E-state index in [2.05, 4.69) is 4.98 Å². The number of pyridine rings is 1. The van der Waals surface area contributed by atoms with Gasteiger partial charge in [0.2, 0.25) is 5.91 Å². The minimum absolute atomic E-state index is 0.122. The largest absolute Gasteiger partial charge is 0.395 e. The number of aliphatic hydroxyl groups is 1. The van der Waals surface area contributed by atoms with E-state index in [0.29, 0.717) is 5.56 Å². The number of H-pyrrole nitrogens is 1. The molecule has 1 amide bonds. The van der Waals surface area contributed by atoms with E-state index >= 15 is 0 Å². The maximum absolute atomic E-state index is 12.2. The van der Waals surface area contributed by atoms with Gasteiger partial charge in [-0.1, -0.05) is 12.1 Å². The van der Waals surface area contributed by atoms with Crippen LogP contribution in [0, 0.1) is 13.8 Å². The van der Waals surface area contributed by atoms with Gasteiger partial charge in [0.25, 0.3) is 5.56 Å². The number of carbonyl (C=O) groups excluding carboxylic acids is 1. The topological polar surface area (TPSA) is 73.4 Å². The van der Waals surface area contributed by atoms with Crippen LogP contribution >= 0.6 is 0 Å². The van der Waals surface area contributed by atoms with E-state index in [1.54, 1.807) is 0 Å². The third-order valence-electron chi connectivity index (χ3n) is 3.70. The van der Waals surface area contributed by atoms with Crippen LogP contribution in [-0.2, 0) is 11.3 Å². The van der Waals surface area contributed by atoms with Crippen molar-refractivity contribution in [2.75, 3.05) is 13.2 Å². The SMILES string of the molecule is CC(=O)N(CCO)Cc1cc2c(C)ccc(C)c2[nH]c1=O. The number of rotatable bonds is 4. The van der Waals surface area contributed by atoms with Crippen LogP contribution in [0.15, 0.2) is 23.0 Å². The predicted molar refractivity (Wildman–Crippen MR) is 82.2 cm³/mol. The second-order valence-corrected chi connectivity index (χ2v) is 5.28. The lowest BCUT2D eigenvalue weighted by molar-refractivity contribution is -0.129. The van der Waals surface area contributed by atoms with Gasteiger partial charge in [-0.3, -0.25) is 9.59 Å². The highest BCUT2D eigenvalue weighted by Crippen LogP contribution is 2.20. The van der Waals surface area contributed by atoms with Gasteiger partial charge in [0, 0.05) is 24.4 Å². The highest BCUT2D eigenvalue weighted by atomic mass is 16.3. The quantitative estimate of drug-likeness (QED) is 0.895. The van der Waals surface area contributed by atoms with Gasteiger partial charge in [-0.05, 0) is 31.0 Å². The number of nitrogens with one attached hydrogen (secondary N) is 1. The average molecular weight is 288 g/mol. The Morgan fingerprint density at radius 3 is 2.57 bits per heavy atom. The predicted octanol–water partition coefficient (Wildman–Crippen LogP) is 1.49. The second-order valence-electron chi connectivity index (χ2n) is 5.28. The number of aromatic amines is 1. The zero-order valence-corrected chi connectivity index (χ0v) is 12.6. The van der Waals surface area contributed by atoms with Crippen molar-refractivity contribution in [2.24, 2.45) is 0 Å². The molecule has 0 unspecified atom stereocenters. The van der Waals surface area contributed by atoms with Gasteiger partial charge in [-0.25, -0.2) is 0 Å². The Balaban J connectivity index is 2.50. The summed E-state index contributed by atoms with van der Waals surface area (Å²) in [4.78, 5) is 28.1. The standard InChI is InChI=1S/C16H20N2O3/c1-10-4-5-11(2)15-14(10)8-13(16(21)17-15)9-18(6-7-19)12(3)20/h4-5,8,19H,6-7,9H2,1-3H3,(H,17,21). The van der Waals surface area contributed by atoms with Crippen LogP contribution in [0.5, 0.6) is 0 Å². The van der Waals surface area contributed by atoms with Gasteiger partial charge in [-0.15, -0.1) is 0 Å². The van der Waals surface area contributed by atoms with Crippen molar-refractivity contribution < 1.29 is 9.90 Å². The Morgan fingerprint density at radius 2 is 1.95 bits per heavy atom. The molecular formula is C16H20N2O3. The lowest BCUT2D eigenvalue weighted by Crippen LogP contribution is -2.33. The zero-order valence-electron chi connectivity index (χ0n) is 12.6. The number of carbonyl (C=O) groups is 1. The molecule has 1 heterocycles. The number of amides is 1. The first kappa shape index (κ1) is 15.3. The first-order valence-electron chi connectivity index (χ1n) is 6.92. The summed E-state index contributed by atoms with van der Waals surface area (Å²) >= 11 is 0. The maximum atomic E-state index is 12.2. The fourth-order valence-corrected chi connectivity index (χ4v) is 2.41. The van der Waals surface area contributed by atoms with E-state index in [1.165, 1.54) is 11.8 Å². The van der Waals surface area contributed by atoms with E-state index in [4.69, 9.17) is 5.11 Å². The molecule has 2 rings (SSSR count). The van der Waals surface area contributed by atoms with Crippen LogP contribution < -0.4 is 5.56 Å². The average Bonchev–Trinajstić information content (AvgIpc) is 2.43. The summed E-state index contributed by atoms with van der Waals surface area (Å²) in [5.74, 6) is -0.162. The molecule has 21 heavy (non-hydrogen) atoms. The smallest absolute Gasteiger partial charge is 0.253 e. The number of hydrogen-bond acceptors (Lipinski definition) is 3. The lowest BCUT2D eigenvalue weighted by Gasteiger charge is -2.20. The van der Waals surface area contributed by atoms with E-state index in [1.807, 2.05) is 32.0 Å². The Kier molecular flexibility index (Phi) is 4.43. The van der Waals surface area contributed by atoms with Crippen molar-refractivity contribution in [3.63, 3.8) is 0 Å². The molecule has 1 aromatic heterocycles. The fourth-order valence-electron chi connectivity index (χ4n) is 2.41. The number of aromatic nitrogens is 1. The van der Waals surface area contributed by atoms with Crippen LogP contribution in [0.3, 0.4) is 0 Å². The molecule has 0 atom stereocenters. The molecule has 0 aliphatic rings. The van der Waals surface area contributed by atoms with Crippen LogP contribution in [0.2, 0.25) is 0 Å². The summed E-state index contributed by atoms with van der Waals surface area (Å²) in [6.45, 7) is 5.67. The maximum Gasteiger partial charge on any atom is 0.253 e. The van der Waals surface area contributed by atoms with Crippen molar-refractivity contribution in [1.82, 2.24) is 9.88 Å². The highest BCUT2D eigenvalue weighted by Gasteiger charge is 2.13. The molecule has 5 nitrogen and oxygen atoms in total. The summed E-state index contributed by atoms with van der Waals surface area (Å²) in [5, 5.41) is 9.99. The van der Waals surface area contributed by atoms with Crippen LogP contribution in [0.1, 0.15) is 23.6 Å². The van der Waals surface area contributed by atoms with Gasteiger partial charge >= 0.3 is 0 Å². The Labute approximate surface area is 123 Å². The third-order valence-corrected chi connectivity index (χ3v) is 3.70. The highest BCUT2D eigenvalue weighted by molar-refractivity contribution is 5.85. The molecule has 0 spiro atoms. The minimum Gasteiger partial charge on any atom is -0.395 e. The lowest BCUT2D eigenvalue weighted by atomic mass is 10.0. The molecule has 5 heteroatoms. The first-order valence-corrected chi connectivity index (χ1v) is 6.92. The third kappa shape index (κ3) is 3.13. The first-order chi connectivity index (χ1) is 9.93. The number of hydrogen-bond donors (Lipinski definition) is 2. The molecule has 0 fully saturated rings. The van der Waals surface area contributed by atoms with Crippen molar-refractivity contribution in [3.05, 3.63) is 45.2 Å². The molecule has 0 aliphatic heterocycles. The van der Waals surface area contributed by atoms with Crippen molar-refractivity contribution in [3.8, 4) is 0 Å².